The van der Waals surface area contributed by atoms with E-state index in [1.165, 1.54) is 0 Å². The average Bonchev–Trinajstić information content (AvgIpc) is 3.43. The predicted octanol–water partition coefficient (Wildman–Crippen LogP) is 5.59. The third-order valence-corrected chi connectivity index (χ3v) is 5.57. The lowest BCUT2D eigenvalue weighted by Crippen LogP contribution is -2.19. The van der Waals surface area contributed by atoms with E-state index in [9.17, 15) is 0 Å². The van der Waals surface area contributed by atoms with Crippen LogP contribution in [0.5, 0.6) is 0 Å². The molecule has 142 valence electrons. The number of hydrogen-bond donors (Lipinski definition) is 1. The first-order valence-electron chi connectivity index (χ1n) is 9.43. The Labute approximate surface area is 177 Å². The van der Waals surface area contributed by atoms with E-state index >= 15 is 0 Å². The number of benzene rings is 3. The van der Waals surface area contributed by atoms with Gasteiger partial charge in [-0.05, 0) is 29.8 Å². The van der Waals surface area contributed by atoms with Crippen LogP contribution in [0.3, 0.4) is 0 Å². The molecule has 1 aliphatic rings. The van der Waals surface area contributed by atoms with Crippen LogP contribution in [0, 0.1) is 0 Å². The Kier molecular flexibility index (Phi) is 4.69. The summed E-state index contributed by atoms with van der Waals surface area (Å²) in [5.74, 6) is 0. The number of nitrogens with one attached hydrogen (secondary N) is 1. The number of anilines is 1. The van der Waals surface area contributed by atoms with Gasteiger partial charge in [-0.1, -0.05) is 76.6 Å². The summed E-state index contributed by atoms with van der Waals surface area (Å²) in [5.41, 5.74) is 5.99. The number of para-hydroxylation sites is 1. The molecule has 1 aromatic heterocycles. The van der Waals surface area contributed by atoms with E-state index < -0.39 is 0 Å². The molecular weight excluding hydrogens is 426 g/mol. The highest BCUT2D eigenvalue weighted by atomic mass is 79.9. The molecular formula is C23H18BrN5. The van der Waals surface area contributed by atoms with Crippen molar-refractivity contribution in [1.82, 2.24) is 15.4 Å². The van der Waals surface area contributed by atoms with Crippen LogP contribution in [0.4, 0.5) is 5.69 Å². The Bertz CT molecular complexity index is 1140. The van der Waals surface area contributed by atoms with Gasteiger partial charge in [-0.3, -0.25) is 5.01 Å². The third-order valence-electron chi connectivity index (χ3n) is 5.05. The molecule has 1 atom stereocenters. The number of hydrazone groups is 1. The van der Waals surface area contributed by atoms with E-state index in [4.69, 9.17) is 5.10 Å². The summed E-state index contributed by atoms with van der Waals surface area (Å²) in [5, 5.41) is 18.8. The Balaban J connectivity index is 1.58. The van der Waals surface area contributed by atoms with Gasteiger partial charge in [-0.25, -0.2) is 0 Å². The molecule has 0 fully saturated rings. The second-order valence-corrected chi connectivity index (χ2v) is 7.79. The van der Waals surface area contributed by atoms with E-state index in [0.717, 1.165) is 44.8 Å². The summed E-state index contributed by atoms with van der Waals surface area (Å²) in [7, 11) is 0. The van der Waals surface area contributed by atoms with E-state index in [0.29, 0.717) is 0 Å². The number of rotatable bonds is 4. The van der Waals surface area contributed by atoms with Crippen molar-refractivity contribution in [2.45, 2.75) is 12.5 Å². The van der Waals surface area contributed by atoms with Crippen molar-refractivity contribution >= 4 is 27.3 Å². The number of aromatic amines is 1. The summed E-state index contributed by atoms with van der Waals surface area (Å²) in [6.07, 6.45) is 0.753. The summed E-state index contributed by atoms with van der Waals surface area (Å²) < 4.78 is 1.05. The normalized spacial score (nSPS) is 16.1. The first kappa shape index (κ1) is 17.8. The molecule has 5 nitrogen and oxygen atoms in total. The zero-order valence-electron chi connectivity index (χ0n) is 15.5. The molecule has 1 aliphatic heterocycles. The van der Waals surface area contributed by atoms with Crippen LogP contribution in [0.2, 0.25) is 0 Å². The smallest absolute Gasteiger partial charge is 0.118 e. The molecule has 5 rings (SSSR count). The van der Waals surface area contributed by atoms with Crippen LogP contribution in [0.1, 0.15) is 23.7 Å². The van der Waals surface area contributed by atoms with Crippen molar-refractivity contribution in [3.63, 3.8) is 0 Å². The van der Waals surface area contributed by atoms with Gasteiger partial charge in [0.1, 0.15) is 17.4 Å². The first-order valence-corrected chi connectivity index (χ1v) is 10.2. The van der Waals surface area contributed by atoms with Crippen molar-refractivity contribution in [3.05, 3.63) is 101 Å². The van der Waals surface area contributed by atoms with Gasteiger partial charge in [0.25, 0.3) is 0 Å². The molecule has 3 aromatic carbocycles. The van der Waals surface area contributed by atoms with Gasteiger partial charge < -0.3 is 0 Å². The predicted molar refractivity (Wildman–Crippen MR) is 119 cm³/mol. The lowest BCUT2D eigenvalue weighted by atomic mass is 9.99. The zero-order valence-corrected chi connectivity index (χ0v) is 17.1. The maximum atomic E-state index is 4.98. The molecule has 0 saturated heterocycles. The van der Waals surface area contributed by atoms with Crippen LogP contribution in [0.25, 0.3) is 11.3 Å². The molecule has 0 spiro atoms. The number of nitrogens with zero attached hydrogens (tertiary/aromatic N) is 4. The minimum Gasteiger partial charge on any atom is -0.256 e. The van der Waals surface area contributed by atoms with Gasteiger partial charge in [0, 0.05) is 16.5 Å². The number of halogens is 1. The minimum atomic E-state index is -0.0370. The highest BCUT2D eigenvalue weighted by Crippen LogP contribution is 2.38. The molecule has 4 aromatic rings. The molecule has 0 amide bonds. The van der Waals surface area contributed by atoms with Gasteiger partial charge in [0.05, 0.1) is 11.4 Å². The fraction of sp³-hybridized carbons (Fsp3) is 0.0870. The Morgan fingerprint density at radius 2 is 1.48 bits per heavy atom. The standard InChI is InChI=1S/C23H18BrN5/c24-18-13-11-16(12-14-18)20-15-21(29(27-20)19-9-5-2-6-10-19)23-22(25-28-26-23)17-7-3-1-4-8-17/h1-14,21H,15H2,(H,25,26,28). The van der Waals surface area contributed by atoms with Gasteiger partial charge in [0.2, 0.25) is 0 Å². The van der Waals surface area contributed by atoms with E-state index in [1.54, 1.807) is 0 Å². The summed E-state index contributed by atoms with van der Waals surface area (Å²) >= 11 is 3.51. The second kappa shape index (κ2) is 7.64. The Morgan fingerprint density at radius 3 is 2.21 bits per heavy atom. The molecule has 1 N–H and O–H groups in total. The van der Waals surface area contributed by atoms with Crippen molar-refractivity contribution in [1.29, 1.82) is 0 Å². The molecule has 1 unspecified atom stereocenters. The monoisotopic (exact) mass is 443 g/mol. The topological polar surface area (TPSA) is 57.2 Å². The fourth-order valence-electron chi connectivity index (χ4n) is 3.64. The minimum absolute atomic E-state index is 0.0370. The molecule has 0 radical (unpaired) electrons. The highest BCUT2D eigenvalue weighted by Gasteiger charge is 2.34. The zero-order chi connectivity index (χ0) is 19.6. The van der Waals surface area contributed by atoms with Gasteiger partial charge in [-0.2, -0.15) is 20.5 Å². The van der Waals surface area contributed by atoms with Crippen LogP contribution in [-0.4, -0.2) is 21.1 Å². The summed E-state index contributed by atoms with van der Waals surface area (Å²) in [4.78, 5) is 0. The van der Waals surface area contributed by atoms with Gasteiger partial charge >= 0.3 is 0 Å². The third kappa shape index (κ3) is 3.47. The SMILES string of the molecule is Brc1ccc(C2=NN(c3ccccc3)C(c3n[nH]nc3-c3ccccc3)C2)cc1. The maximum Gasteiger partial charge on any atom is 0.118 e. The van der Waals surface area contributed by atoms with Crippen molar-refractivity contribution in [2.24, 2.45) is 5.10 Å². The van der Waals surface area contributed by atoms with E-state index in [-0.39, 0.29) is 6.04 Å². The fourth-order valence-corrected chi connectivity index (χ4v) is 3.90. The first-order chi connectivity index (χ1) is 14.3. The molecule has 29 heavy (non-hydrogen) atoms. The lowest BCUT2D eigenvalue weighted by molar-refractivity contribution is 0.683. The van der Waals surface area contributed by atoms with E-state index in [2.05, 4.69) is 72.7 Å². The number of hydrogen-bond acceptors (Lipinski definition) is 4. The van der Waals surface area contributed by atoms with Crippen LogP contribution >= 0.6 is 15.9 Å². The van der Waals surface area contributed by atoms with Crippen LogP contribution in [-0.2, 0) is 0 Å². The maximum absolute atomic E-state index is 4.98. The van der Waals surface area contributed by atoms with E-state index in [1.807, 2.05) is 48.5 Å². The number of aromatic nitrogens is 3. The summed E-state index contributed by atoms with van der Waals surface area (Å²) in [6, 6.07) is 28.6. The average molecular weight is 444 g/mol. The van der Waals surface area contributed by atoms with Crippen molar-refractivity contribution in [3.8, 4) is 11.3 Å². The molecule has 2 heterocycles. The quantitative estimate of drug-likeness (QED) is 0.447. The lowest BCUT2D eigenvalue weighted by Gasteiger charge is -2.22. The van der Waals surface area contributed by atoms with Crippen LogP contribution < -0.4 is 5.01 Å². The second-order valence-electron chi connectivity index (χ2n) is 6.88. The summed E-state index contributed by atoms with van der Waals surface area (Å²) in [6.45, 7) is 0. The number of H-pyrrole nitrogens is 1. The van der Waals surface area contributed by atoms with Gasteiger partial charge in [0.15, 0.2) is 0 Å². The Morgan fingerprint density at radius 1 is 0.793 bits per heavy atom. The molecule has 0 saturated carbocycles. The molecule has 0 aliphatic carbocycles. The molecule has 6 heteroatoms. The van der Waals surface area contributed by atoms with Crippen LogP contribution in [0.15, 0.2) is 94.5 Å². The van der Waals surface area contributed by atoms with Crippen molar-refractivity contribution < 1.29 is 0 Å². The largest absolute Gasteiger partial charge is 0.256 e. The molecule has 0 bridgehead atoms. The highest BCUT2D eigenvalue weighted by molar-refractivity contribution is 9.10. The van der Waals surface area contributed by atoms with Crippen molar-refractivity contribution in [2.75, 3.05) is 5.01 Å². The van der Waals surface area contributed by atoms with Gasteiger partial charge in [-0.15, -0.1) is 0 Å². The Hall–Kier alpha value is -3.25.